The average molecular weight is 922 g/mol. The number of Topliss-reactive ketones (excluding diaryl/α,β-unsaturated/α-hetero) is 1. The smallest absolute Gasteiger partial charge is 0.338 e. The molecule has 2 saturated carbocycles. The maximum absolute atomic E-state index is 15.7. The standard InChI is InChI=1S/C48H59NO17/c1-8-23(2)41(57)49-33(26-15-11-9-12-16-26)36(54)43(59)63-29-20-48(60)40(65-42(58)27-17-13-10-14-18-27)38-46(7,39(56)35(53)32(24(29)3)45(48,5)6)30(19-31-47(38,22-62-31)66-25(4)50)64-44-37(55)34(52)28(51)21-61-44/h8-18,28-31,33-38,40,44,51-55,60H,19-22H2,1-7H3,(H,49,57)/t28-,29+,30+,31-,33?,34+,35-,36?,37-,38+,40+,44+,46-,47+,48-/m1/s1. The SMILES string of the molecule is CC=C(C)C(=O)NC(c1ccccc1)C(O)C(=O)O[C@H]1C[C@@]2(O)[C@@H](OC(=O)c3ccccc3)[C@@H]3[C@]4(OC(C)=O)CO[C@@H]4C[C@H](O[C@@H]4OC[C@@H](O)[C@H](O)[C@H]4O)[C@@]3(C)C(=O)[C@H](O)C(=C1C)C2(C)C. The molecule has 2 heterocycles. The van der Waals surface area contributed by atoms with Crippen LogP contribution in [0.15, 0.2) is 83.5 Å². The summed E-state index contributed by atoms with van der Waals surface area (Å²) in [6, 6.07) is 14.6. The number of ether oxygens (including phenoxy) is 6. The fourth-order valence-corrected chi connectivity index (χ4v) is 10.7. The van der Waals surface area contributed by atoms with Crippen LogP contribution in [0.5, 0.6) is 0 Å². The summed E-state index contributed by atoms with van der Waals surface area (Å²) >= 11 is 0. The molecule has 7 rings (SSSR count). The van der Waals surface area contributed by atoms with Gasteiger partial charge in [0.25, 0.3) is 0 Å². The van der Waals surface area contributed by atoms with E-state index in [1.807, 2.05) is 0 Å². The number of aliphatic hydroxyl groups is 6. The first kappa shape index (κ1) is 49.0. The van der Waals surface area contributed by atoms with Crippen molar-refractivity contribution in [2.45, 2.75) is 140 Å². The lowest BCUT2D eigenvalue weighted by molar-refractivity contribution is -0.366. The number of allylic oxidation sites excluding steroid dienone is 1. The Morgan fingerprint density at radius 1 is 0.909 bits per heavy atom. The first-order valence-electron chi connectivity index (χ1n) is 22.0. The molecule has 2 aromatic carbocycles. The van der Waals surface area contributed by atoms with E-state index in [4.69, 9.17) is 28.4 Å². The van der Waals surface area contributed by atoms with Gasteiger partial charge in [-0.3, -0.25) is 14.4 Å². The Balaban J connectivity index is 1.39. The van der Waals surface area contributed by atoms with Gasteiger partial charge in [0.1, 0.15) is 48.3 Å². The average Bonchev–Trinajstić information content (AvgIpc) is 3.28. The molecule has 2 unspecified atom stereocenters. The molecule has 15 atom stereocenters. The number of hydrogen-bond acceptors (Lipinski definition) is 17. The molecular formula is C48H59NO17. The van der Waals surface area contributed by atoms with Gasteiger partial charge in [-0.2, -0.15) is 0 Å². The van der Waals surface area contributed by atoms with Crippen molar-refractivity contribution in [3.8, 4) is 0 Å². The highest BCUT2D eigenvalue weighted by Gasteiger charge is 2.78. The van der Waals surface area contributed by atoms with E-state index in [-0.39, 0.29) is 29.7 Å². The summed E-state index contributed by atoms with van der Waals surface area (Å²) in [6.07, 6.45) is -16.1. The predicted molar refractivity (Wildman–Crippen MR) is 228 cm³/mol. The molecule has 5 aliphatic rings. The molecule has 2 aromatic rings. The lowest BCUT2D eigenvalue weighted by atomic mass is 9.44. The van der Waals surface area contributed by atoms with Gasteiger partial charge in [0.05, 0.1) is 42.3 Å². The molecule has 4 fully saturated rings. The van der Waals surface area contributed by atoms with Crippen LogP contribution in [0.2, 0.25) is 0 Å². The summed E-state index contributed by atoms with van der Waals surface area (Å²) in [5.41, 5.74) is -7.49. The van der Waals surface area contributed by atoms with Crippen molar-refractivity contribution < 1.29 is 83.0 Å². The number of nitrogens with one attached hydrogen (secondary N) is 1. The Morgan fingerprint density at radius 2 is 1.55 bits per heavy atom. The van der Waals surface area contributed by atoms with Crippen molar-refractivity contribution in [1.29, 1.82) is 0 Å². The molecular weight excluding hydrogens is 863 g/mol. The maximum Gasteiger partial charge on any atom is 0.338 e. The Hall–Kier alpha value is -4.89. The van der Waals surface area contributed by atoms with Crippen LogP contribution in [-0.2, 0) is 47.6 Å². The third kappa shape index (κ3) is 8.09. The van der Waals surface area contributed by atoms with Gasteiger partial charge in [0.2, 0.25) is 5.91 Å². The zero-order valence-electron chi connectivity index (χ0n) is 37.8. The van der Waals surface area contributed by atoms with Crippen molar-refractivity contribution in [1.82, 2.24) is 5.32 Å². The summed E-state index contributed by atoms with van der Waals surface area (Å²) in [6.45, 7) is 9.42. The van der Waals surface area contributed by atoms with Crippen LogP contribution in [-0.4, -0.2) is 146 Å². The van der Waals surface area contributed by atoms with Gasteiger partial charge >= 0.3 is 17.9 Å². The molecule has 3 aliphatic carbocycles. The van der Waals surface area contributed by atoms with Crippen molar-refractivity contribution in [3.63, 3.8) is 0 Å². The van der Waals surface area contributed by atoms with Crippen LogP contribution in [0.1, 0.15) is 83.3 Å². The van der Waals surface area contributed by atoms with Gasteiger partial charge in [-0.1, -0.05) is 68.5 Å². The minimum absolute atomic E-state index is 0.0304. The number of amides is 1. The summed E-state index contributed by atoms with van der Waals surface area (Å²) in [5.74, 6) is -6.24. The lowest BCUT2D eigenvalue weighted by Crippen LogP contribution is -2.82. The Labute approximate surface area is 381 Å². The zero-order valence-corrected chi connectivity index (χ0v) is 37.8. The number of hydrogen-bond donors (Lipinski definition) is 7. The zero-order chi connectivity index (χ0) is 48.3. The number of rotatable bonds is 11. The molecule has 7 N–H and O–H groups in total. The molecule has 66 heavy (non-hydrogen) atoms. The lowest BCUT2D eigenvalue weighted by Gasteiger charge is -2.68. The molecule has 0 spiro atoms. The van der Waals surface area contributed by atoms with Crippen LogP contribution in [0.25, 0.3) is 0 Å². The third-order valence-corrected chi connectivity index (χ3v) is 14.7. The summed E-state index contributed by atoms with van der Waals surface area (Å²) in [5, 5.41) is 72.6. The van der Waals surface area contributed by atoms with Crippen LogP contribution < -0.4 is 5.32 Å². The number of carbonyl (C=O) groups is 5. The Bertz CT molecular complexity index is 2270. The van der Waals surface area contributed by atoms with Crippen LogP contribution >= 0.6 is 0 Å². The predicted octanol–water partition coefficient (Wildman–Crippen LogP) is 1.28. The first-order chi connectivity index (χ1) is 31.0. The number of carbonyl (C=O) groups excluding carboxylic acids is 5. The molecule has 0 radical (unpaired) electrons. The number of ketones is 1. The summed E-state index contributed by atoms with van der Waals surface area (Å²) in [7, 11) is 0. The van der Waals surface area contributed by atoms with E-state index < -0.39 is 138 Å². The van der Waals surface area contributed by atoms with Crippen molar-refractivity contribution >= 4 is 29.6 Å². The minimum Gasteiger partial charge on any atom is -0.456 e. The fourth-order valence-electron chi connectivity index (χ4n) is 10.7. The highest BCUT2D eigenvalue weighted by atomic mass is 16.7. The molecule has 18 nitrogen and oxygen atoms in total. The molecule has 2 bridgehead atoms. The second kappa shape index (κ2) is 18.3. The van der Waals surface area contributed by atoms with Crippen LogP contribution in [0.3, 0.4) is 0 Å². The quantitative estimate of drug-likeness (QED) is 0.0724. The molecule has 1 amide bonds. The normalized spacial score (nSPS) is 37.0. The first-order valence-corrected chi connectivity index (χ1v) is 22.0. The Morgan fingerprint density at radius 3 is 2.14 bits per heavy atom. The molecule has 0 aromatic heterocycles. The second-order valence-corrected chi connectivity index (χ2v) is 18.7. The minimum atomic E-state index is -2.46. The number of benzene rings is 2. The van der Waals surface area contributed by atoms with Crippen molar-refractivity contribution in [2.75, 3.05) is 13.2 Å². The third-order valence-electron chi connectivity index (χ3n) is 14.7. The van der Waals surface area contributed by atoms with E-state index >= 15 is 4.79 Å². The van der Waals surface area contributed by atoms with E-state index in [0.29, 0.717) is 11.1 Å². The molecule has 2 saturated heterocycles. The fraction of sp³-hybridized carbons (Fsp3) is 0.562. The van der Waals surface area contributed by atoms with E-state index in [0.717, 1.165) is 6.92 Å². The van der Waals surface area contributed by atoms with Crippen molar-refractivity contribution in [3.05, 3.63) is 94.6 Å². The van der Waals surface area contributed by atoms with Gasteiger partial charge in [-0.25, -0.2) is 9.59 Å². The second-order valence-electron chi connectivity index (χ2n) is 18.7. The van der Waals surface area contributed by atoms with Crippen molar-refractivity contribution in [2.24, 2.45) is 16.7 Å². The maximum atomic E-state index is 15.7. The highest BCUT2D eigenvalue weighted by molar-refractivity contribution is 5.95. The number of esters is 3. The number of aliphatic hydroxyl groups excluding tert-OH is 5. The van der Waals surface area contributed by atoms with Crippen LogP contribution in [0, 0.1) is 16.7 Å². The van der Waals surface area contributed by atoms with Gasteiger partial charge in [-0.15, -0.1) is 0 Å². The van der Waals surface area contributed by atoms with E-state index in [2.05, 4.69) is 5.32 Å². The Kier molecular flexibility index (Phi) is 13.6. The van der Waals surface area contributed by atoms with Gasteiger partial charge in [-0.05, 0) is 56.5 Å². The van der Waals surface area contributed by atoms with E-state index in [1.165, 1.54) is 39.8 Å². The monoisotopic (exact) mass is 921 g/mol. The molecule has 2 aliphatic heterocycles. The largest absolute Gasteiger partial charge is 0.456 e. The van der Waals surface area contributed by atoms with Gasteiger partial charge < -0.3 is 64.4 Å². The van der Waals surface area contributed by atoms with E-state index in [1.54, 1.807) is 68.5 Å². The van der Waals surface area contributed by atoms with Crippen LogP contribution in [0.4, 0.5) is 0 Å². The van der Waals surface area contributed by atoms with Gasteiger partial charge in [0, 0.05) is 30.8 Å². The molecule has 358 valence electrons. The number of fused-ring (bicyclic) bond motifs is 5. The highest BCUT2D eigenvalue weighted by Crippen LogP contribution is 2.65. The summed E-state index contributed by atoms with van der Waals surface area (Å²) < 4.78 is 36.7. The molecule has 18 heteroatoms. The van der Waals surface area contributed by atoms with Gasteiger partial charge in [0.15, 0.2) is 23.8 Å². The topological polar surface area (TPSA) is 274 Å². The van der Waals surface area contributed by atoms with E-state index in [9.17, 15) is 49.8 Å². The summed E-state index contributed by atoms with van der Waals surface area (Å²) in [4.78, 5) is 70.7.